The Kier molecular flexibility index (Phi) is 7.87. The Morgan fingerprint density at radius 2 is 1.39 bits per heavy atom. The van der Waals surface area contributed by atoms with Gasteiger partial charge in [-0.05, 0) is 34.9 Å². The van der Waals surface area contributed by atoms with Crippen LogP contribution in [0.3, 0.4) is 0 Å². The van der Waals surface area contributed by atoms with E-state index in [1.807, 2.05) is 66.7 Å². The molecule has 0 fully saturated rings. The van der Waals surface area contributed by atoms with Crippen LogP contribution in [0.25, 0.3) is 11.0 Å². The number of rotatable bonds is 9. The first-order valence-electron chi connectivity index (χ1n) is 12.5. The Labute approximate surface area is 225 Å². The fraction of sp³-hybridized carbons (Fsp3) is 0.188. The Hall–Kier alpha value is -3.54. The van der Waals surface area contributed by atoms with Crippen LogP contribution in [-0.4, -0.2) is 18.0 Å². The highest BCUT2D eigenvalue weighted by Gasteiger charge is 2.34. The van der Waals surface area contributed by atoms with Crippen LogP contribution >= 0.6 is 11.6 Å². The number of hydrogen-bond acceptors (Lipinski definition) is 2. The maximum Gasteiger partial charge on any atom is 0.417 e. The zero-order valence-corrected chi connectivity index (χ0v) is 21.4. The number of para-hydroxylation sites is 1. The number of hydrogen-bond donors (Lipinski definition) is 0. The molecule has 2 nitrogen and oxygen atoms in total. The molecule has 0 amide bonds. The van der Waals surface area contributed by atoms with Gasteiger partial charge in [-0.3, -0.25) is 4.90 Å². The molecular formula is C32H27ClF3NO. The topological polar surface area (TPSA) is 16.4 Å². The molecule has 0 spiro atoms. The molecule has 0 atom stereocenters. The predicted molar refractivity (Wildman–Crippen MR) is 146 cm³/mol. The summed E-state index contributed by atoms with van der Waals surface area (Å²) in [7, 11) is 0. The maximum absolute atomic E-state index is 13.6. The summed E-state index contributed by atoms with van der Waals surface area (Å²) in [6, 6.07) is 34.3. The molecule has 0 aliphatic heterocycles. The minimum atomic E-state index is -4.51. The van der Waals surface area contributed by atoms with Crippen molar-refractivity contribution < 1.29 is 17.6 Å². The van der Waals surface area contributed by atoms with E-state index in [2.05, 4.69) is 29.2 Å². The third-order valence-corrected chi connectivity index (χ3v) is 7.22. The van der Waals surface area contributed by atoms with Gasteiger partial charge in [-0.25, -0.2) is 0 Å². The van der Waals surface area contributed by atoms with Crippen molar-refractivity contribution in [2.24, 2.45) is 0 Å². The zero-order chi connectivity index (χ0) is 26.5. The lowest BCUT2D eigenvalue weighted by Gasteiger charge is -2.29. The second kappa shape index (κ2) is 11.5. The highest BCUT2D eigenvalue weighted by atomic mass is 35.5. The van der Waals surface area contributed by atoms with Crippen molar-refractivity contribution in [1.82, 2.24) is 4.90 Å². The fourth-order valence-electron chi connectivity index (χ4n) is 4.86. The van der Waals surface area contributed by atoms with Gasteiger partial charge in [-0.15, -0.1) is 0 Å². The molecule has 5 aromatic rings. The van der Waals surface area contributed by atoms with E-state index < -0.39 is 11.7 Å². The van der Waals surface area contributed by atoms with E-state index in [4.69, 9.17) is 16.0 Å². The molecule has 0 aliphatic rings. The minimum absolute atomic E-state index is 0.0256. The normalized spacial score (nSPS) is 12.1. The van der Waals surface area contributed by atoms with Crippen LogP contribution in [0, 0.1) is 0 Å². The number of furan rings is 1. The summed E-state index contributed by atoms with van der Waals surface area (Å²) >= 11 is 6.31. The molecule has 0 bridgehead atoms. The third-order valence-electron chi connectivity index (χ3n) is 6.77. The van der Waals surface area contributed by atoms with Crippen LogP contribution in [0.5, 0.6) is 0 Å². The van der Waals surface area contributed by atoms with Crippen molar-refractivity contribution in [3.63, 3.8) is 0 Å². The summed E-state index contributed by atoms with van der Waals surface area (Å²) in [4.78, 5) is 2.17. The summed E-state index contributed by atoms with van der Waals surface area (Å²) in [5.74, 6) is 0.861. The second-order valence-electron chi connectivity index (χ2n) is 9.39. The van der Waals surface area contributed by atoms with Gasteiger partial charge in [-0.1, -0.05) is 103 Å². The molecule has 1 heterocycles. The lowest BCUT2D eigenvalue weighted by molar-refractivity contribution is -0.137. The van der Waals surface area contributed by atoms with Gasteiger partial charge in [0.05, 0.1) is 10.6 Å². The first-order valence-corrected chi connectivity index (χ1v) is 12.9. The average molecular weight is 534 g/mol. The van der Waals surface area contributed by atoms with Gasteiger partial charge in [0.25, 0.3) is 0 Å². The molecule has 0 unspecified atom stereocenters. The molecule has 0 radical (unpaired) electrons. The summed E-state index contributed by atoms with van der Waals surface area (Å²) in [6.07, 6.45) is -3.90. The van der Waals surface area contributed by atoms with Crippen molar-refractivity contribution >= 4 is 22.6 Å². The minimum Gasteiger partial charge on any atom is -0.461 e. The van der Waals surface area contributed by atoms with E-state index in [0.717, 1.165) is 33.9 Å². The van der Waals surface area contributed by atoms with E-state index in [-0.39, 0.29) is 17.5 Å². The number of alkyl halides is 3. The molecule has 0 aliphatic carbocycles. The van der Waals surface area contributed by atoms with Crippen LogP contribution in [0.4, 0.5) is 13.2 Å². The predicted octanol–water partition coefficient (Wildman–Crippen LogP) is 8.98. The zero-order valence-electron chi connectivity index (χ0n) is 20.7. The molecule has 0 saturated heterocycles. The van der Waals surface area contributed by atoms with Crippen molar-refractivity contribution in [3.8, 4) is 0 Å². The van der Waals surface area contributed by atoms with Crippen molar-refractivity contribution in [1.29, 1.82) is 0 Å². The number of nitrogens with zero attached hydrogens (tertiary/aromatic N) is 1. The fourth-order valence-corrected chi connectivity index (χ4v) is 5.15. The van der Waals surface area contributed by atoms with E-state index in [9.17, 15) is 13.2 Å². The summed E-state index contributed by atoms with van der Waals surface area (Å²) in [6.45, 7) is 1.46. The summed E-state index contributed by atoms with van der Waals surface area (Å²) in [5, 5.41) is 0.783. The molecule has 6 heteroatoms. The summed E-state index contributed by atoms with van der Waals surface area (Å²) in [5.41, 5.74) is 2.74. The first-order chi connectivity index (χ1) is 18.4. The van der Waals surface area contributed by atoms with Gasteiger partial charge in [0, 0.05) is 37.4 Å². The monoisotopic (exact) mass is 533 g/mol. The lowest BCUT2D eigenvalue weighted by atomic mass is 9.90. The highest BCUT2D eigenvalue weighted by Crippen LogP contribution is 2.37. The maximum atomic E-state index is 13.6. The Balaban J connectivity index is 1.47. The lowest BCUT2D eigenvalue weighted by Crippen LogP contribution is -2.31. The third kappa shape index (κ3) is 6.12. The Bertz CT molecular complexity index is 1410. The van der Waals surface area contributed by atoms with Crippen LogP contribution in [0.2, 0.25) is 5.02 Å². The van der Waals surface area contributed by atoms with Crippen molar-refractivity contribution in [2.45, 2.75) is 25.1 Å². The van der Waals surface area contributed by atoms with E-state index in [1.165, 1.54) is 6.07 Å². The molecule has 0 N–H and O–H groups in total. The van der Waals surface area contributed by atoms with Crippen LogP contribution in [0.15, 0.2) is 114 Å². The van der Waals surface area contributed by atoms with E-state index in [1.54, 1.807) is 6.07 Å². The van der Waals surface area contributed by atoms with Crippen LogP contribution < -0.4 is 0 Å². The molecule has 1 aromatic heterocycles. The molecule has 5 rings (SSSR count). The number of fused-ring (bicyclic) bond motifs is 1. The SMILES string of the molecule is FC(F)(F)c1cccc(CN(CCc2cc3ccccc3o2)CC(c2ccccc2)c2ccccc2)c1Cl. The standard InChI is InChI=1S/C32H27ClF3NO/c33-31-26(15-9-16-29(31)32(34,35)36)21-37(19-18-27-20-25-14-7-8-17-30(25)38-27)22-28(23-10-3-1-4-11-23)24-12-5-2-6-13-24/h1-17,20,28H,18-19,21-22H2. The highest BCUT2D eigenvalue weighted by molar-refractivity contribution is 6.32. The molecule has 194 valence electrons. The van der Waals surface area contributed by atoms with E-state index in [0.29, 0.717) is 25.1 Å². The summed E-state index contributed by atoms with van der Waals surface area (Å²) < 4.78 is 46.8. The van der Waals surface area contributed by atoms with Crippen molar-refractivity contribution in [2.75, 3.05) is 13.1 Å². The smallest absolute Gasteiger partial charge is 0.417 e. The number of halogens is 4. The second-order valence-corrected chi connectivity index (χ2v) is 9.76. The van der Waals surface area contributed by atoms with Gasteiger partial charge >= 0.3 is 6.18 Å². The average Bonchev–Trinajstić information content (AvgIpc) is 3.34. The molecule has 0 saturated carbocycles. The van der Waals surface area contributed by atoms with Crippen LogP contribution in [0.1, 0.15) is 33.9 Å². The van der Waals surface area contributed by atoms with Crippen LogP contribution in [-0.2, 0) is 19.1 Å². The Morgan fingerprint density at radius 3 is 2.03 bits per heavy atom. The quantitative estimate of drug-likeness (QED) is 0.188. The Morgan fingerprint density at radius 1 is 0.763 bits per heavy atom. The largest absolute Gasteiger partial charge is 0.461 e. The van der Waals surface area contributed by atoms with Gasteiger partial charge in [0.15, 0.2) is 0 Å². The van der Waals surface area contributed by atoms with E-state index >= 15 is 0 Å². The van der Waals surface area contributed by atoms with Gasteiger partial charge < -0.3 is 4.42 Å². The van der Waals surface area contributed by atoms with Gasteiger partial charge in [0.1, 0.15) is 11.3 Å². The molecule has 38 heavy (non-hydrogen) atoms. The molecule has 4 aromatic carbocycles. The van der Waals surface area contributed by atoms with Gasteiger partial charge in [0.2, 0.25) is 0 Å². The van der Waals surface area contributed by atoms with Gasteiger partial charge in [-0.2, -0.15) is 13.2 Å². The molecular weight excluding hydrogens is 507 g/mol. The number of benzene rings is 4. The first kappa shape index (κ1) is 26.1. The van der Waals surface area contributed by atoms with Crippen molar-refractivity contribution in [3.05, 3.63) is 142 Å².